The van der Waals surface area contributed by atoms with Gasteiger partial charge in [0.05, 0.1) is 0 Å². The van der Waals surface area contributed by atoms with Crippen molar-refractivity contribution < 1.29 is 4.52 Å². The van der Waals surface area contributed by atoms with Crippen LogP contribution in [0.4, 0.5) is 0 Å². The maximum absolute atomic E-state index is 4.76. The van der Waals surface area contributed by atoms with Crippen LogP contribution < -0.4 is 0 Å². The molecule has 0 aliphatic rings. The Morgan fingerprint density at radius 2 is 2.12 bits per heavy atom. The highest BCUT2D eigenvalue weighted by molar-refractivity contribution is 5.59. The van der Waals surface area contributed by atoms with E-state index < -0.39 is 0 Å². The molecule has 0 spiro atoms. The molecule has 0 radical (unpaired) electrons. The van der Waals surface area contributed by atoms with E-state index in [2.05, 4.69) is 49.1 Å². The zero-order valence-corrected chi connectivity index (χ0v) is 9.90. The first-order valence-electron chi connectivity index (χ1n) is 5.53. The predicted molar refractivity (Wildman–Crippen MR) is 63.0 cm³/mol. The molecule has 0 fully saturated rings. The van der Waals surface area contributed by atoms with Gasteiger partial charge in [-0.15, -0.1) is 0 Å². The van der Waals surface area contributed by atoms with Gasteiger partial charge in [-0.05, 0) is 30.4 Å². The minimum atomic E-state index is 0.661. The van der Waals surface area contributed by atoms with Crippen LogP contribution in [0.5, 0.6) is 0 Å². The van der Waals surface area contributed by atoms with Gasteiger partial charge in [0, 0.05) is 5.56 Å². The molecule has 2 aromatic rings. The molecule has 0 atom stereocenters. The molecule has 0 N–H and O–H groups in total. The lowest BCUT2D eigenvalue weighted by molar-refractivity contribution is 0.418. The van der Waals surface area contributed by atoms with Crippen molar-refractivity contribution in [3.05, 3.63) is 35.7 Å². The maximum Gasteiger partial charge on any atom is 0.214 e. The number of benzene rings is 1. The minimum absolute atomic E-state index is 0.661. The molecule has 84 valence electrons. The highest BCUT2D eigenvalue weighted by Gasteiger charge is 2.07. The number of rotatable bonds is 3. The molecule has 0 aliphatic heterocycles. The van der Waals surface area contributed by atoms with E-state index in [1.165, 1.54) is 17.5 Å². The average molecular weight is 216 g/mol. The molecule has 3 heteroatoms. The summed E-state index contributed by atoms with van der Waals surface area (Å²) < 4.78 is 4.76. The fourth-order valence-corrected chi connectivity index (χ4v) is 1.86. The van der Waals surface area contributed by atoms with Gasteiger partial charge in [0.1, 0.15) is 0 Å². The largest absolute Gasteiger partial charge is 0.342 e. The summed E-state index contributed by atoms with van der Waals surface area (Å²) in [5, 5.41) is 3.85. The van der Waals surface area contributed by atoms with E-state index in [1.807, 2.05) is 0 Å². The highest BCUT2D eigenvalue weighted by Crippen LogP contribution is 2.21. The quantitative estimate of drug-likeness (QED) is 0.790. The van der Waals surface area contributed by atoms with Gasteiger partial charge >= 0.3 is 0 Å². The molecule has 0 aliphatic carbocycles. The monoisotopic (exact) mass is 216 g/mol. The fraction of sp³-hybridized carbons (Fsp3) is 0.385. The SMILES string of the molecule is Cc1cc(CC(C)C)ccc1-c1ncon1. The van der Waals surface area contributed by atoms with Crippen molar-refractivity contribution in [1.82, 2.24) is 10.1 Å². The van der Waals surface area contributed by atoms with Crippen LogP contribution in [-0.4, -0.2) is 10.1 Å². The van der Waals surface area contributed by atoms with Crippen molar-refractivity contribution in [2.24, 2.45) is 5.92 Å². The van der Waals surface area contributed by atoms with Crippen LogP contribution in [0.3, 0.4) is 0 Å². The van der Waals surface area contributed by atoms with E-state index in [1.54, 1.807) is 0 Å². The molecular weight excluding hydrogens is 200 g/mol. The van der Waals surface area contributed by atoms with E-state index >= 15 is 0 Å². The van der Waals surface area contributed by atoms with Gasteiger partial charge in [-0.2, -0.15) is 4.98 Å². The van der Waals surface area contributed by atoms with Crippen LogP contribution in [0, 0.1) is 12.8 Å². The lowest BCUT2D eigenvalue weighted by atomic mass is 9.98. The third-order valence-electron chi connectivity index (χ3n) is 2.54. The zero-order valence-electron chi connectivity index (χ0n) is 9.90. The van der Waals surface area contributed by atoms with Crippen LogP contribution in [0.15, 0.2) is 29.1 Å². The van der Waals surface area contributed by atoms with Gasteiger partial charge in [0.15, 0.2) is 0 Å². The normalized spacial score (nSPS) is 11.0. The van der Waals surface area contributed by atoms with Gasteiger partial charge in [0.2, 0.25) is 12.2 Å². The Labute approximate surface area is 95.5 Å². The van der Waals surface area contributed by atoms with Crippen LogP contribution in [0.2, 0.25) is 0 Å². The molecule has 2 rings (SSSR count). The standard InChI is InChI=1S/C13H16N2O/c1-9(2)6-11-4-5-12(10(3)7-11)13-14-8-16-15-13/h4-5,7-9H,6H2,1-3H3. The highest BCUT2D eigenvalue weighted by atomic mass is 16.5. The second kappa shape index (κ2) is 4.47. The fourth-order valence-electron chi connectivity index (χ4n) is 1.86. The minimum Gasteiger partial charge on any atom is -0.342 e. The Hall–Kier alpha value is -1.64. The summed E-state index contributed by atoms with van der Waals surface area (Å²) >= 11 is 0. The molecule has 1 aromatic heterocycles. The Morgan fingerprint density at radius 1 is 1.31 bits per heavy atom. The smallest absolute Gasteiger partial charge is 0.214 e. The van der Waals surface area contributed by atoms with Crippen molar-refractivity contribution in [3.63, 3.8) is 0 Å². The summed E-state index contributed by atoms with van der Waals surface area (Å²) in [4.78, 5) is 4.06. The van der Waals surface area contributed by atoms with Gasteiger partial charge in [0.25, 0.3) is 0 Å². The topological polar surface area (TPSA) is 38.9 Å². The summed E-state index contributed by atoms with van der Waals surface area (Å²) in [6, 6.07) is 6.41. The molecule has 1 aromatic carbocycles. The first-order chi connectivity index (χ1) is 7.66. The predicted octanol–water partition coefficient (Wildman–Crippen LogP) is 3.24. The summed E-state index contributed by atoms with van der Waals surface area (Å²) in [6.07, 6.45) is 2.46. The average Bonchev–Trinajstić information content (AvgIpc) is 2.69. The molecular formula is C13H16N2O. The molecule has 3 nitrogen and oxygen atoms in total. The summed E-state index contributed by atoms with van der Waals surface area (Å²) in [7, 11) is 0. The Kier molecular flexibility index (Phi) is 3.04. The maximum atomic E-state index is 4.76. The summed E-state index contributed by atoms with van der Waals surface area (Å²) in [5.74, 6) is 1.34. The lowest BCUT2D eigenvalue weighted by Crippen LogP contribution is -1.95. The van der Waals surface area contributed by atoms with Crippen molar-refractivity contribution in [3.8, 4) is 11.4 Å². The van der Waals surface area contributed by atoms with Gasteiger partial charge in [-0.3, -0.25) is 0 Å². The molecule has 0 bridgehead atoms. The van der Waals surface area contributed by atoms with Crippen LogP contribution in [0.1, 0.15) is 25.0 Å². The van der Waals surface area contributed by atoms with E-state index in [-0.39, 0.29) is 0 Å². The lowest BCUT2D eigenvalue weighted by Gasteiger charge is -2.07. The Bertz CT molecular complexity index is 461. The third-order valence-corrected chi connectivity index (χ3v) is 2.54. The Balaban J connectivity index is 2.30. The van der Waals surface area contributed by atoms with Crippen molar-refractivity contribution in [1.29, 1.82) is 0 Å². The van der Waals surface area contributed by atoms with E-state index in [0.717, 1.165) is 12.0 Å². The second-order valence-electron chi connectivity index (χ2n) is 4.50. The number of nitrogens with zero attached hydrogens (tertiary/aromatic N) is 2. The number of hydrogen-bond acceptors (Lipinski definition) is 3. The van der Waals surface area contributed by atoms with Crippen LogP contribution in [-0.2, 0) is 6.42 Å². The first-order valence-corrected chi connectivity index (χ1v) is 5.53. The van der Waals surface area contributed by atoms with E-state index in [9.17, 15) is 0 Å². The first kappa shape index (κ1) is 10.9. The number of hydrogen-bond donors (Lipinski definition) is 0. The van der Waals surface area contributed by atoms with Crippen molar-refractivity contribution >= 4 is 0 Å². The molecule has 0 saturated carbocycles. The summed E-state index contributed by atoms with van der Waals surface area (Å²) in [5.41, 5.74) is 3.60. The van der Waals surface area contributed by atoms with Crippen LogP contribution >= 0.6 is 0 Å². The number of aromatic nitrogens is 2. The zero-order chi connectivity index (χ0) is 11.5. The van der Waals surface area contributed by atoms with Crippen molar-refractivity contribution in [2.75, 3.05) is 0 Å². The summed E-state index contributed by atoms with van der Waals surface area (Å²) in [6.45, 7) is 6.53. The van der Waals surface area contributed by atoms with Crippen LogP contribution in [0.25, 0.3) is 11.4 Å². The van der Waals surface area contributed by atoms with Gasteiger partial charge < -0.3 is 4.52 Å². The second-order valence-corrected chi connectivity index (χ2v) is 4.50. The third kappa shape index (κ3) is 2.30. The molecule has 16 heavy (non-hydrogen) atoms. The molecule has 0 unspecified atom stereocenters. The van der Waals surface area contributed by atoms with E-state index in [0.29, 0.717) is 11.7 Å². The molecule has 0 amide bonds. The number of aryl methyl sites for hydroxylation is 1. The van der Waals surface area contributed by atoms with Crippen molar-refractivity contribution in [2.45, 2.75) is 27.2 Å². The molecule has 0 saturated heterocycles. The van der Waals surface area contributed by atoms with Gasteiger partial charge in [-0.25, -0.2) is 0 Å². The van der Waals surface area contributed by atoms with E-state index in [4.69, 9.17) is 4.52 Å². The van der Waals surface area contributed by atoms with Gasteiger partial charge in [-0.1, -0.05) is 37.2 Å². The Morgan fingerprint density at radius 3 is 2.69 bits per heavy atom. The molecule has 1 heterocycles.